The lowest BCUT2D eigenvalue weighted by Crippen LogP contribution is -2.48. The van der Waals surface area contributed by atoms with E-state index in [0.29, 0.717) is 5.75 Å². The maximum Gasteiger partial charge on any atom is 0.240 e. The number of primary amides is 1. The maximum absolute atomic E-state index is 11.9. The van der Waals surface area contributed by atoms with Crippen LogP contribution in [0.1, 0.15) is 31.4 Å². The van der Waals surface area contributed by atoms with Gasteiger partial charge in [0.05, 0.1) is 5.75 Å². The summed E-state index contributed by atoms with van der Waals surface area (Å²) in [5, 5.41) is 2.73. The normalized spacial score (nSPS) is 13.5. The van der Waals surface area contributed by atoms with Crippen LogP contribution in [-0.4, -0.2) is 23.6 Å². The Morgan fingerprint density at radius 3 is 2.67 bits per heavy atom. The third-order valence-electron chi connectivity index (χ3n) is 3.42. The second-order valence-corrected chi connectivity index (χ2v) is 6.30. The van der Waals surface area contributed by atoms with Gasteiger partial charge in [-0.2, -0.15) is 0 Å². The molecule has 0 saturated heterocycles. The molecule has 116 valence electrons. The summed E-state index contributed by atoms with van der Waals surface area (Å²) < 4.78 is 0. The molecule has 3 N–H and O–H groups in total. The van der Waals surface area contributed by atoms with E-state index in [1.54, 1.807) is 0 Å². The zero-order valence-electron chi connectivity index (χ0n) is 12.9. The van der Waals surface area contributed by atoms with Crippen LogP contribution in [0.25, 0.3) is 0 Å². The van der Waals surface area contributed by atoms with Gasteiger partial charge in [0, 0.05) is 5.75 Å². The highest BCUT2D eigenvalue weighted by Gasteiger charge is 2.23. The quantitative estimate of drug-likeness (QED) is 0.773. The second-order valence-electron chi connectivity index (χ2n) is 5.31. The number of carbonyl (C=O) groups excluding carboxylic acids is 2. The molecule has 0 spiro atoms. The Morgan fingerprint density at radius 1 is 1.38 bits per heavy atom. The van der Waals surface area contributed by atoms with Gasteiger partial charge in [0.1, 0.15) is 6.04 Å². The van der Waals surface area contributed by atoms with E-state index in [1.807, 2.05) is 39.0 Å². The van der Waals surface area contributed by atoms with Gasteiger partial charge in [-0.15, -0.1) is 11.8 Å². The molecule has 4 nitrogen and oxygen atoms in total. The molecule has 0 aliphatic heterocycles. The third-order valence-corrected chi connectivity index (χ3v) is 4.42. The van der Waals surface area contributed by atoms with Crippen LogP contribution in [-0.2, 0) is 15.3 Å². The Labute approximate surface area is 130 Å². The first-order valence-corrected chi connectivity index (χ1v) is 8.31. The average Bonchev–Trinajstić information content (AvgIpc) is 2.43. The Bertz CT molecular complexity index is 491. The first-order valence-electron chi connectivity index (χ1n) is 7.16. The molecular weight excluding hydrogens is 284 g/mol. The van der Waals surface area contributed by atoms with Crippen LogP contribution >= 0.6 is 11.8 Å². The summed E-state index contributed by atoms with van der Waals surface area (Å²) in [6, 6.07) is 7.63. The van der Waals surface area contributed by atoms with Crippen molar-refractivity contribution in [1.29, 1.82) is 0 Å². The molecule has 2 unspecified atom stereocenters. The van der Waals surface area contributed by atoms with Gasteiger partial charge < -0.3 is 11.1 Å². The molecule has 0 aromatic heterocycles. The highest BCUT2D eigenvalue weighted by Crippen LogP contribution is 2.14. The Kier molecular flexibility index (Phi) is 7.29. The zero-order chi connectivity index (χ0) is 15.8. The molecule has 0 heterocycles. The van der Waals surface area contributed by atoms with Crippen LogP contribution in [0.2, 0.25) is 0 Å². The maximum atomic E-state index is 11.9. The number of rotatable bonds is 8. The van der Waals surface area contributed by atoms with Gasteiger partial charge in [-0.1, -0.05) is 50.1 Å². The van der Waals surface area contributed by atoms with Crippen molar-refractivity contribution >= 4 is 23.6 Å². The van der Waals surface area contributed by atoms with Crippen molar-refractivity contribution in [2.75, 3.05) is 5.75 Å². The molecule has 0 fully saturated rings. The van der Waals surface area contributed by atoms with E-state index in [9.17, 15) is 9.59 Å². The van der Waals surface area contributed by atoms with E-state index in [4.69, 9.17) is 5.73 Å². The van der Waals surface area contributed by atoms with E-state index in [-0.39, 0.29) is 11.8 Å². The molecule has 0 radical (unpaired) electrons. The molecule has 0 aliphatic rings. The van der Waals surface area contributed by atoms with Crippen molar-refractivity contribution in [2.45, 2.75) is 39.0 Å². The fraction of sp³-hybridized carbons (Fsp3) is 0.500. The van der Waals surface area contributed by atoms with Gasteiger partial charge in [0.25, 0.3) is 0 Å². The first kappa shape index (κ1) is 17.6. The van der Waals surface area contributed by atoms with Gasteiger partial charge in [0.2, 0.25) is 11.8 Å². The van der Waals surface area contributed by atoms with Crippen molar-refractivity contribution in [3.63, 3.8) is 0 Å². The number of carbonyl (C=O) groups is 2. The number of hydrogen-bond donors (Lipinski definition) is 2. The predicted molar refractivity (Wildman–Crippen MR) is 87.9 cm³/mol. The van der Waals surface area contributed by atoms with Crippen molar-refractivity contribution in [2.24, 2.45) is 11.7 Å². The van der Waals surface area contributed by atoms with Gasteiger partial charge in [-0.3, -0.25) is 9.59 Å². The molecule has 1 rings (SSSR count). The third kappa shape index (κ3) is 6.21. The molecule has 0 aliphatic carbocycles. The fourth-order valence-electron chi connectivity index (χ4n) is 2.01. The molecule has 5 heteroatoms. The van der Waals surface area contributed by atoms with Crippen molar-refractivity contribution < 1.29 is 9.59 Å². The highest BCUT2D eigenvalue weighted by atomic mass is 32.2. The van der Waals surface area contributed by atoms with Crippen molar-refractivity contribution in [3.05, 3.63) is 35.4 Å². The van der Waals surface area contributed by atoms with Gasteiger partial charge in [0.15, 0.2) is 0 Å². The smallest absolute Gasteiger partial charge is 0.240 e. The summed E-state index contributed by atoms with van der Waals surface area (Å²) in [5.41, 5.74) is 7.74. The lowest BCUT2D eigenvalue weighted by atomic mass is 9.99. The molecule has 2 atom stereocenters. The van der Waals surface area contributed by atoms with Crippen molar-refractivity contribution in [1.82, 2.24) is 5.32 Å². The number of aryl methyl sites for hydroxylation is 1. The second kappa shape index (κ2) is 8.72. The van der Waals surface area contributed by atoms with Crippen LogP contribution in [0, 0.1) is 12.8 Å². The standard InChI is InChI=1S/C16H24N2O2S/c1-4-12(3)15(16(17)20)18-14(19)10-21-9-13-7-5-6-11(2)8-13/h5-8,12,15H,4,9-10H2,1-3H3,(H2,17,20)(H,18,19). The lowest BCUT2D eigenvalue weighted by molar-refractivity contribution is -0.127. The zero-order valence-corrected chi connectivity index (χ0v) is 13.7. The molecule has 0 bridgehead atoms. The molecule has 21 heavy (non-hydrogen) atoms. The van der Waals surface area contributed by atoms with Gasteiger partial charge in [-0.05, 0) is 18.4 Å². The molecule has 1 aromatic carbocycles. The largest absolute Gasteiger partial charge is 0.368 e. The first-order chi connectivity index (χ1) is 9.93. The van der Waals surface area contributed by atoms with Crippen LogP contribution in [0.4, 0.5) is 0 Å². The minimum absolute atomic E-state index is 0.0493. The van der Waals surface area contributed by atoms with Crippen LogP contribution in [0.3, 0.4) is 0 Å². The summed E-state index contributed by atoms with van der Waals surface area (Å²) in [7, 11) is 0. The van der Waals surface area contributed by atoms with Crippen molar-refractivity contribution in [3.8, 4) is 0 Å². The summed E-state index contributed by atoms with van der Waals surface area (Å²) in [5.74, 6) is 0.541. The number of amides is 2. The van der Waals surface area contributed by atoms with Gasteiger partial charge >= 0.3 is 0 Å². The Morgan fingerprint density at radius 2 is 2.10 bits per heavy atom. The number of hydrogen-bond acceptors (Lipinski definition) is 3. The predicted octanol–water partition coefficient (Wildman–Crippen LogP) is 2.24. The van der Waals surface area contributed by atoms with E-state index >= 15 is 0 Å². The minimum Gasteiger partial charge on any atom is -0.368 e. The summed E-state index contributed by atoms with van der Waals surface area (Å²) in [4.78, 5) is 23.3. The average molecular weight is 308 g/mol. The monoisotopic (exact) mass is 308 g/mol. The van der Waals surface area contributed by atoms with E-state index < -0.39 is 11.9 Å². The Balaban J connectivity index is 2.41. The minimum atomic E-state index is -0.581. The van der Waals surface area contributed by atoms with Crippen LogP contribution < -0.4 is 11.1 Å². The molecule has 1 aromatic rings. The Hall–Kier alpha value is -1.49. The summed E-state index contributed by atoms with van der Waals surface area (Å²) >= 11 is 1.53. The lowest BCUT2D eigenvalue weighted by Gasteiger charge is -2.21. The topological polar surface area (TPSA) is 72.2 Å². The van der Waals surface area contributed by atoms with Gasteiger partial charge in [-0.25, -0.2) is 0 Å². The SMILES string of the molecule is CCC(C)C(NC(=O)CSCc1cccc(C)c1)C(N)=O. The van der Waals surface area contributed by atoms with Crippen LogP contribution in [0.5, 0.6) is 0 Å². The summed E-state index contributed by atoms with van der Waals surface area (Å²) in [6.45, 7) is 5.93. The molecule has 2 amide bonds. The van der Waals surface area contributed by atoms with E-state index in [2.05, 4.69) is 11.4 Å². The van der Waals surface area contributed by atoms with E-state index in [1.165, 1.54) is 22.9 Å². The highest BCUT2D eigenvalue weighted by molar-refractivity contribution is 7.99. The number of nitrogens with two attached hydrogens (primary N) is 1. The summed E-state index contributed by atoms with van der Waals surface area (Å²) in [6.07, 6.45) is 0.796. The molecular formula is C16H24N2O2S. The number of benzene rings is 1. The van der Waals surface area contributed by atoms with Crippen LogP contribution in [0.15, 0.2) is 24.3 Å². The number of nitrogens with one attached hydrogen (secondary N) is 1. The van der Waals surface area contributed by atoms with E-state index in [0.717, 1.165) is 12.2 Å². The molecule has 0 saturated carbocycles. The number of thioether (sulfide) groups is 1. The fourth-order valence-corrected chi connectivity index (χ4v) is 2.79.